The van der Waals surface area contributed by atoms with Gasteiger partial charge in [-0.1, -0.05) is 0 Å². The highest BCUT2D eigenvalue weighted by atomic mass is 16.5. The summed E-state index contributed by atoms with van der Waals surface area (Å²) in [5, 5.41) is 2.89. The predicted molar refractivity (Wildman–Crippen MR) is 65.1 cm³/mol. The first kappa shape index (κ1) is 13.3. The monoisotopic (exact) mass is 238 g/mol. The van der Waals surface area contributed by atoms with Gasteiger partial charge in [0.25, 0.3) is 0 Å². The zero-order valence-electron chi connectivity index (χ0n) is 10.4. The number of carbonyl (C=O) groups is 1. The number of anilines is 1. The molecule has 0 aliphatic carbocycles. The lowest BCUT2D eigenvalue weighted by Crippen LogP contribution is -2.18. The van der Waals surface area contributed by atoms with Gasteiger partial charge in [0.2, 0.25) is 0 Å². The fraction of sp³-hybridized carbons (Fsp3) is 0.500. The summed E-state index contributed by atoms with van der Waals surface area (Å²) in [5.74, 6) is 0.870. The minimum Gasteiger partial charge on any atom is -0.487 e. The van der Waals surface area contributed by atoms with Gasteiger partial charge < -0.3 is 14.8 Å². The molecular weight excluding hydrogens is 220 g/mol. The van der Waals surface area contributed by atoms with Crippen molar-refractivity contribution in [2.45, 2.75) is 26.9 Å². The molecule has 1 N–H and O–H groups in total. The normalized spacial score (nSPS) is 10.1. The van der Waals surface area contributed by atoms with Crippen LogP contribution in [0.3, 0.4) is 0 Å². The van der Waals surface area contributed by atoms with Crippen LogP contribution < -0.4 is 10.1 Å². The molecule has 0 radical (unpaired) electrons. The van der Waals surface area contributed by atoms with Gasteiger partial charge in [-0.3, -0.25) is 4.79 Å². The summed E-state index contributed by atoms with van der Waals surface area (Å²) in [7, 11) is 0. The van der Waals surface area contributed by atoms with Crippen molar-refractivity contribution >= 4 is 11.8 Å². The van der Waals surface area contributed by atoms with Gasteiger partial charge in [0.05, 0.1) is 12.7 Å². The highest BCUT2D eigenvalue weighted by Gasteiger charge is 2.08. The minimum absolute atomic E-state index is 0.0577. The molecule has 0 saturated carbocycles. The van der Waals surface area contributed by atoms with E-state index in [1.807, 2.05) is 13.8 Å². The number of hydrogen-bond donors (Lipinski definition) is 1. The first-order valence-electron chi connectivity index (χ1n) is 5.64. The van der Waals surface area contributed by atoms with Crippen LogP contribution in [0.1, 0.15) is 20.8 Å². The molecular formula is C12H18N2O3. The number of nitrogens with one attached hydrogen (secondary N) is 1. The Labute approximate surface area is 101 Å². The van der Waals surface area contributed by atoms with E-state index in [1.54, 1.807) is 25.3 Å². The Morgan fingerprint density at radius 3 is 2.94 bits per heavy atom. The molecule has 0 aromatic carbocycles. The van der Waals surface area contributed by atoms with E-state index in [4.69, 9.17) is 9.47 Å². The largest absolute Gasteiger partial charge is 0.487 e. The van der Waals surface area contributed by atoms with Gasteiger partial charge >= 0.3 is 5.97 Å². The minimum atomic E-state index is -0.311. The number of pyridine rings is 1. The van der Waals surface area contributed by atoms with Crippen molar-refractivity contribution in [3.8, 4) is 5.75 Å². The second-order valence-electron chi connectivity index (χ2n) is 3.68. The fourth-order valence-corrected chi connectivity index (χ4v) is 1.24. The lowest BCUT2D eigenvalue weighted by atomic mass is 10.4. The summed E-state index contributed by atoms with van der Waals surface area (Å²) in [6, 6.07) is 3.59. The molecule has 0 fully saturated rings. The Hall–Kier alpha value is -1.78. The molecule has 0 spiro atoms. The van der Waals surface area contributed by atoms with Gasteiger partial charge in [-0.05, 0) is 32.9 Å². The number of aromatic nitrogens is 1. The standard InChI is InChI=1S/C12H18N2O3/c1-4-16-11(15)8-14-12-10(17-9(2)3)6-5-7-13-12/h5-7,9H,4,8H2,1-3H3,(H,13,14). The van der Waals surface area contributed by atoms with Gasteiger partial charge in [0.1, 0.15) is 6.54 Å². The van der Waals surface area contributed by atoms with E-state index in [0.717, 1.165) is 0 Å². The third kappa shape index (κ3) is 4.72. The van der Waals surface area contributed by atoms with Crippen LogP contribution in [0, 0.1) is 0 Å². The van der Waals surface area contributed by atoms with Crippen LogP contribution >= 0.6 is 0 Å². The van der Waals surface area contributed by atoms with Crippen LogP contribution in [0.4, 0.5) is 5.82 Å². The average Bonchev–Trinajstić information content (AvgIpc) is 2.27. The zero-order chi connectivity index (χ0) is 12.7. The van der Waals surface area contributed by atoms with Crippen LogP contribution in [0.2, 0.25) is 0 Å². The van der Waals surface area contributed by atoms with Gasteiger partial charge in [0, 0.05) is 6.20 Å². The van der Waals surface area contributed by atoms with Crippen molar-refractivity contribution in [1.82, 2.24) is 4.98 Å². The number of nitrogens with zero attached hydrogens (tertiary/aromatic N) is 1. The SMILES string of the molecule is CCOC(=O)CNc1ncccc1OC(C)C. The third-order valence-corrected chi connectivity index (χ3v) is 1.84. The fourth-order valence-electron chi connectivity index (χ4n) is 1.24. The first-order chi connectivity index (χ1) is 8.13. The number of rotatable bonds is 6. The molecule has 0 aliphatic heterocycles. The van der Waals surface area contributed by atoms with Gasteiger partial charge in [-0.15, -0.1) is 0 Å². The van der Waals surface area contributed by atoms with Crippen molar-refractivity contribution in [3.63, 3.8) is 0 Å². The molecule has 5 heteroatoms. The smallest absolute Gasteiger partial charge is 0.325 e. The van der Waals surface area contributed by atoms with Gasteiger partial charge in [-0.25, -0.2) is 4.98 Å². The number of esters is 1. The first-order valence-corrected chi connectivity index (χ1v) is 5.64. The second kappa shape index (κ2) is 6.73. The maximum Gasteiger partial charge on any atom is 0.325 e. The highest BCUT2D eigenvalue weighted by Crippen LogP contribution is 2.21. The Morgan fingerprint density at radius 2 is 2.29 bits per heavy atom. The van der Waals surface area contributed by atoms with E-state index < -0.39 is 0 Å². The number of hydrogen-bond acceptors (Lipinski definition) is 5. The lowest BCUT2D eigenvalue weighted by Gasteiger charge is -2.13. The summed E-state index contributed by atoms with van der Waals surface area (Å²) < 4.78 is 10.4. The quantitative estimate of drug-likeness (QED) is 0.766. The van der Waals surface area contributed by atoms with Crippen molar-refractivity contribution in [2.24, 2.45) is 0 Å². The molecule has 0 atom stereocenters. The molecule has 0 amide bonds. The van der Waals surface area contributed by atoms with E-state index in [9.17, 15) is 4.79 Å². The molecule has 0 unspecified atom stereocenters. The molecule has 1 rings (SSSR count). The second-order valence-corrected chi connectivity index (χ2v) is 3.68. The van der Waals surface area contributed by atoms with Crippen LogP contribution in [0.15, 0.2) is 18.3 Å². The van der Waals surface area contributed by atoms with Gasteiger partial charge in [0.15, 0.2) is 11.6 Å². The van der Waals surface area contributed by atoms with Crippen LogP contribution in [-0.2, 0) is 9.53 Å². The Kier molecular flexibility index (Phi) is 5.26. The third-order valence-electron chi connectivity index (χ3n) is 1.84. The molecule has 1 aromatic heterocycles. The Bertz CT molecular complexity index is 367. The predicted octanol–water partition coefficient (Wildman–Crippen LogP) is 1.84. The Balaban J connectivity index is 2.60. The lowest BCUT2D eigenvalue weighted by molar-refractivity contribution is -0.140. The molecule has 17 heavy (non-hydrogen) atoms. The molecule has 0 saturated heterocycles. The van der Waals surface area contributed by atoms with Crippen molar-refractivity contribution in [2.75, 3.05) is 18.5 Å². The molecule has 5 nitrogen and oxygen atoms in total. The van der Waals surface area contributed by atoms with Crippen LogP contribution in [0.25, 0.3) is 0 Å². The number of carbonyl (C=O) groups excluding carboxylic acids is 1. The number of ether oxygens (including phenoxy) is 2. The van der Waals surface area contributed by atoms with E-state index in [1.165, 1.54) is 0 Å². The van der Waals surface area contributed by atoms with Crippen molar-refractivity contribution in [3.05, 3.63) is 18.3 Å². The summed E-state index contributed by atoms with van der Waals surface area (Å²) in [6.07, 6.45) is 1.70. The molecule has 0 aliphatic rings. The molecule has 1 heterocycles. The maximum absolute atomic E-state index is 11.2. The van der Waals surface area contributed by atoms with Gasteiger partial charge in [-0.2, -0.15) is 0 Å². The van der Waals surface area contributed by atoms with Crippen molar-refractivity contribution in [1.29, 1.82) is 0 Å². The summed E-state index contributed by atoms with van der Waals surface area (Å²) in [5.41, 5.74) is 0. The Morgan fingerprint density at radius 1 is 1.53 bits per heavy atom. The van der Waals surface area contributed by atoms with Crippen molar-refractivity contribution < 1.29 is 14.3 Å². The maximum atomic E-state index is 11.2. The summed E-state index contributed by atoms with van der Waals surface area (Å²) in [6.45, 7) is 6.09. The van der Waals surface area contributed by atoms with E-state index in [2.05, 4.69) is 10.3 Å². The van der Waals surface area contributed by atoms with Crippen LogP contribution in [0.5, 0.6) is 5.75 Å². The average molecular weight is 238 g/mol. The summed E-state index contributed by atoms with van der Waals surface area (Å²) >= 11 is 0. The zero-order valence-corrected chi connectivity index (χ0v) is 10.4. The molecule has 1 aromatic rings. The molecule has 0 bridgehead atoms. The highest BCUT2D eigenvalue weighted by molar-refractivity contribution is 5.75. The van der Waals surface area contributed by atoms with Crippen LogP contribution in [-0.4, -0.2) is 30.2 Å². The van der Waals surface area contributed by atoms with E-state index in [-0.39, 0.29) is 18.6 Å². The van der Waals surface area contributed by atoms with E-state index in [0.29, 0.717) is 18.2 Å². The summed E-state index contributed by atoms with van der Waals surface area (Å²) in [4.78, 5) is 15.3. The van der Waals surface area contributed by atoms with E-state index >= 15 is 0 Å². The topological polar surface area (TPSA) is 60.5 Å². The molecule has 94 valence electrons.